The van der Waals surface area contributed by atoms with Crippen LogP contribution in [0.5, 0.6) is 5.75 Å². The van der Waals surface area contributed by atoms with Crippen LogP contribution in [-0.4, -0.2) is 18.3 Å². The molecule has 0 aliphatic carbocycles. The second-order valence-electron chi connectivity index (χ2n) is 3.50. The topological polar surface area (TPSA) is 29.5 Å². The van der Waals surface area contributed by atoms with Crippen LogP contribution in [0.4, 0.5) is 0 Å². The highest BCUT2D eigenvalue weighted by atomic mass is 16.5. The molecule has 0 bridgehead atoms. The van der Waals surface area contributed by atoms with Crippen LogP contribution >= 0.6 is 0 Å². The van der Waals surface area contributed by atoms with Crippen LogP contribution < -0.4 is 4.74 Å². The molecule has 0 heterocycles. The first-order valence-corrected chi connectivity index (χ1v) is 5.01. The number of benzene rings is 1. The molecule has 2 nitrogen and oxygen atoms in total. The van der Waals surface area contributed by atoms with Gasteiger partial charge in [0, 0.05) is 5.92 Å². The minimum absolute atomic E-state index is 0.158. The van der Waals surface area contributed by atoms with Crippen LogP contribution in [0.2, 0.25) is 0 Å². The largest absolute Gasteiger partial charge is 0.496 e. The Morgan fingerprint density at radius 2 is 2.00 bits per heavy atom. The third-order valence-corrected chi connectivity index (χ3v) is 2.56. The van der Waals surface area contributed by atoms with E-state index in [-0.39, 0.29) is 12.0 Å². The summed E-state index contributed by atoms with van der Waals surface area (Å²) in [6.07, 6.45) is 0.578. The minimum Gasteiger partial charge on any atom is -0.496 e. The van der Waals surface area contributed by atoms with Gasteiger partial charge in [-0.3, -0.25) is 0 Å². The van der Waals surface area contributed by atoms with Crippen molar-refractivity contribution in [2.75, 3.05) is 7.11 Å². The molecule has 0 aromatic heterocycles. The fourth-order valence-electron chi connectivity index (χ4n) is 1.79. The van der Waals surface area contributed by atoms with Crippen molar-refractivity contribution in [2.24, 2.45) is 0 Å². The highest BCUT2D eigenvalue weighted by Crippen LogP contribution is 2.30. The van der Waals surface area contributed by atoms with Gasteiger partial charge in [-0.15, -0.1) is 0 Å². The third kappa shape index (κ3) is 2.26. The van der Waals surface area contributed by atoms with E-state index in [4.69, 9.17) is 4.74 Å². The minimum atomic E-state index is -0.337. The molecular formula is C12H18O2. The van der Waals surface area contributed by atoms with Gasteiger partial charge in [0.1, 0.15) is 5.75 Å². The Kier molecular flexibility index (Phi) is 3.96. The number of ether oxygens (including phenoxy) is 1. The lowest BCUT2D eigenvalue weighted by Gasteiger charge is -2.20. The number of aliphatic hydroxyl groups is 1. The van der Waals surface area contributed by atoms with Gasteiger partial charge in [0.15, 0.2) is 0 Å². The normalized spacial score (nSPS) is 14.9. The summed E-state index contributed by atoms with van der Waals surface area (Å²) in [7, 11) is 1.66. The lowest BCUT2D eigenvalue weighted by atomic mass is 9.91. The number of rotatable bonds is 4. The zero-order valence-corrected chi connectivity index (χ0v) is 9.03. The summed E-state index contributed by atoms with van der Waals surface area (Å²) in [5, 5.41) is 9.63. The van der Waals surface area contributed by atoms with E-state index in [0.717, 1.165) is 17.7 Å². The Morgan fingerprint density at radius 1 is 1.36 bits per heavy atom. The van der Waals surface area contributed by atoms with Crippen LogP contribution in [0.25, 0.3) is 0 Å². The molecule has 1 aromatic rings. The standard InChI is InChI=1S/C12H18O2/c1-4-10(9(2)13)11-7-5-6-8-12(11)14-3/h5-10,13H,4H2,1-3H3. The van der Waals surface area contributed by atoms with E-state index < -0.39 is 0 Å². The molecule has 14 heavy (non-hydrogen) atoms. The molecular weight excluding hydrogens is 176 g/mol. The molecule has 1 aromatic carbocycles. The second-order valence-corrected chi connectivity index (χ2v) is 3.50. The van der Waals surface area contributed by atoms with E-state index in [1.165, 1.54) is 0 Å². The number of methoxy groups -OCH3 is 1. The van der Waals surface area contributed by atoms with Gasteiger partial charge in [0.2, 0.25) is 0 Å². The van der Waals surface area contributed by atoms with Gasteiger partial charge in [-0.25, -0.2) is 0 Å². The van der Waals surface area contributed by atoms with Gasteiger partial charge in [0.25, 0.3) is 0 Å². The molecule has 2 heteroatoms. The fourth-order valence-corrected chi connectivity index (χ4v) is 1.79. The molecule has 1 rings (SSSR count). The summed E-state index contributed by atoms with van der Waals surface area (Å²) >= 11 is 0. The maximum absolute atomic E-state index is 9.63. The molecule has 0 radical (unpaired) electrons. The average molecular weight is 194 g/mol. The maximum atomic E-state index is 9.63. The van der Waals surface area contributed by atoms with Crippen molar-refractivity contribution in [1.82, 2.24) is 0 Å². The highest BCUT2D eigenvalue weighted by molar-refractivity contribution is 5.36. The van der Waals surface area contributed by atoms with Crippen LogP contribution in [0.15, 0.2) is 24.3 Å². The SMILES string of the molecule is CCC(c1ccccc1OC)C(C)O. The van der Waals surface area contributed by atoms with Crippen molar-refractivity contribution in [3.05, 3.63) is 29.8 Å². The summed E-state index contributed by atoms with van der Waals surface area (Å²) in [5.41, 5.74) is 1.09. The van der Waals surface area contributed by atoms with E-state index in [1.54, 1.807) is 7.11 Å². The summed E-state index contributed by atoms with van der Waals surface area (Å²) in [6, 6.07) is 7.86. The van der Waals surface area contributed by atoms with E-state index >= 15 is 0 Å². The maximum Gasteiger partial charge on any atom is 0.122 e. The summed E-state index contributed by atoms with van der Waals surface area (Å²) in [5.74, 6) is 1.02. The van der Waals surface area contributed by atoms with Gasteiger partial charge in [-0.05, 0) is 25.0 Å². The Balaban J connectivity index is 3.02. The number of hydrogen-bond acceptors (Lipinski definition) is 2. The van der Waals surface area contributed by atoms with Crippen molar-refractivity contribution in [2.45, 2.75) is 32.3 Å². The molecule has 0 fully saturated rings. The van der Waals surface area contributed by atoms with E-state index in [9.17, 15) is 5.11 Å². The fraction of sp³-hybridized carbons (Fsp3) is 0.500. The lowest BCUT2D eigenvalue weighted by Crippen LogP contribution is -2.14. The van der Waals surface area contributed by atoms with Crippen molar-refractivity contribution >= 4 is 0 Å². The van der Waals surface area contributed by atoms with Gasteiger partial charge in [-0.1, -0.05) is 25.1 Å². The van der Waals surface area contributed by atoms with Crippen LogP contribution in [0, 0.1) is 0 Å². The average Bonchev–Trinajstić information content (AvgIpc) is 2.19. The molecule has 0 saturated heterocycles. The molecule has 0 saturated carbocycles. The van der Waals surface area contributed by atoms with Gasteiger partial charge >= 0.3 is 0 Å². The number of aliphatic hydroxyl groups excluding tert-OH is 1. The summed E-state index contributed by atoms with van der Waals surface area (Å²) < 4.78 is 5.27. The van der Waals surface area contributed by atoms with Gasteiger partial charge < -0.3 is 9.84 Å². The van der Waals surface area contributed by atoms with Crippen LogP contribution in [0.1, 0.15) is 31.7 Å². The first-order chi connectivity index (χ1) is 6.70. The number of para-hydroxylation sites is 1. The molecule has 1 N–H and O–H groups in total. The van der Waals surface area contributed by atoms with Crippen molar-refractivity contribution < 1.29 is 9.84 Å². The van der Waals surface area contributed by atoms with E-state index in [2.05, 4.69) is 6.92 Å². The molecule has 0 aliphatic heterocycles. The van der Waals surface area contributed by atoms with Crippen LogP contribution in [-0.2, 0) is 0 Å². The molecule has 0 spiro atoms. The van der Waals surface area contributed by atoms with E-state index in [1.807, 2.05) is 31.2 Å². The van der Waals surface area contributed by atoms with Crippen molar-refractivity contribution in [3.63, 3.8) is 0 Å². The first-order valence-electron chi connectivity index (χ1n) is 5.01. The molecule has 0 aliphatic rings. The Hall–Kier alpha value is -1.02. The zero-order valence-electron chi connectivity index (χ0n) is 9.03. The van der Waals surface area contributed by atoms with Gasteiger partial charge in [-0.2, -0.15) is 0 Å². The Labute approximate surface area is 85.5 Å². The monoisotopic (exact) mass is 194 g/mol. The smallest absolute Gasteiger partial charge is 0.122 e. The molecule has 78 valence electrons. The summed E-state index contributed by atoms with van der Waals surface area (Å²) in [4.78, 5) is 0. The van der Waals surface area contributed by atoms with Crippen LogP contribution in [0.3, 0.4) is 0 Å². The van der Waals surface area contributed by atoms with E-state index in [0.29, 0.717) is 0 Å². The highest BCUT2D eigenvalue weighted by Gasteiger charge is 2.18. The second kappa shape index (κ2) is 5.01. The van der Waals surface area contributed by atoms with Crippen molar-refractivity contribution in [1.29, 1.82) is 0 Å². The predicted octanol–water partition coefficient (Wildman–Crippen LogP) is 2.57. The molecule has 0 amide bonds. The Bertz CT molecular complexity index is 281. The quantitative estimate of drug-likeness (QED) is 0.798. The van der Waals surface area contributed by atoms with Crippen molar-refractivity contribution in [3.8, 4) is 5.75 Å². The number of hydrogen-bond donors (Lipinski definition) is 1. The molecule has 2 atom stereocenters. The summed E-state index contributed by atoms with van der Waals surface area (Å²) in [6.45, 7) is 3.89. The Morgan fingerprint density at radius 3 is 2.50 bits per heavy atom. The third-order valence-electron chi connectivity index (χ3n) is 2.56. The van der Waals surface area contributed by atoms with Gasteiger partial charge in [0.05, 0.1) is 13.2 Å². The molecule has 2 unspecified atom stereocenters. The zero-order chi connectivity index (χ0) is 10.6. The first kappa shape index (κ1) is 11.1. The lowest BCUT2D eigenvalue weighted by molar-refractivity contribution is 0.158. The predicted molar refractivity (Wildman–Crippen MR) is 57.7 cm³/mol.